The lowest BCUT2D eigenvalue weighted by Gasteiger charge is -2.14. The molecule has 0 bridgehead atoms. The Labute approximate surface area is 160 Å². The molecule has 3 rings (SSSR count). The molecule has 0 saturated heterocycles. The van der Waals surface area contributed by atoms with Crippen molar-refractivity contribution in [1.82, 2.24) is 0 Å². The maximum absolute atomic E-state index is 13.3. The van der Waals surface area contributed by atoms with Gasteiger partial charge in [-0.05, 0) is 36.6 Å². The summed E-state index contributed by atoms with van der Waals surface area (Å²) in [5, 5.41) is -0.927. The first-order valence-corrected chi connectivity index (χ1v) is 10.7. The Hall–Kier alpha value is -2.18. The third-order valence-corrected chi connectivity index (χ3v) is 7.69. The second-order valence-corrected chi connectivity index (χ2v) is 8.89. The Morgan fingerprint density at radius 3 is 2.22 bits per heavy atom. The molecule has 144 valence electrons. The summed E-state index contributed by atoms with van der Waals surface area (Å²) in [6.07, 6.45) is 0.886. The molecule has 27 heavy (non-hydrogen) atoms. The second-order valence-electron chi connectivity index (χ2n) is 6.82. The van der Waals surface area contributed by atoms with E-state index in [-0.39, 0.29) is 18.0 Å². The summed E-state index contributed by atoms with van der Waals surface area (Å²) in [7, 11) is -3.74. The van der Waals surface area contributed by atoms with Crippen LogP contribution in [0.1, 0.15) is 30.9 Å². The molecule has 0 aliphatic heterocycles. The molecule has 0 spiro atoms. The predicted molar refractivity (Wildman–Crippen MR) is 104 cm³/mol. The lowest BCUT2D eigenvalue weighted by atomic mass is 9.98. The van der Waals surface area contributed by atoms with Gasteiger partial charge in [-0.15, -0.1) is 0 Å². The van der Waals surface area contributed by atoms with Crippen LogP contribution < -0.4 is 5.73 Å². The van der Waals surface area contributed by atoms with Crippen molar-refractivity contribution in [2.75, 3.05) is 13.2 Å². The molecule has 2 N–H and O–H groups in total. The maximum Gasteiger partial charge on any atom is 0.315 e. The van der Waals surface area contributed by atoms with Crippen LogP contribution in [0.4, 0.5) is 0 Å². The van der Waals surface area contributed by atoms with Gasteiger partial charge in [0.25, 0.3) is 0 Å². The Bertz CT molecular complexity index is 909. The van der Waals surface area contributed by atoms with Crippen LogP contribution in [0.25, 0.3) is 0 Å². The second kappa shape index (κ2) is 7.44. The van der Waals surface area contributed by atoms with Crippen molar-refractivity contribution in [1.29, 1.82) is 0 Å². The predicted octanol–water partition coefficient (Wildman–Crippen LogP) is 2.70. The van der Waals surface area contributed by atoms with Crippen molar-refractivity contribution in [3.05, 3.63) is 65.7 Å². The van der Waals surface area contributed by atoms with Crippen LogP contribution in [0.15, 0.2) is 59.5 Å². The van der Waals surface area contributed by atoms with Crippen LogP contribution in [-0.2, 0) is 25.8 Å². The zero-order valence-electron chi connectivity index (χ0n) is 15.6. The maximum atomic E-state index is 13.3. The number of ether oxygens (including phenoxy) is 1. The molecule has 1 saturated carbocycles. The lowest BCUT2D eigenvalue weighted by Crippen LogP contribution is -2.33. The van der Waals surface area contributed by atoms with E-state index in [0.29, 0.717) is 0 Å². The van der Waals surface area contributed by atoms with Gasteiger partial charge in [0, 0.05) is 12.5 Å². The third-order valence-electron chi connectivity index (χ3n) is 5.40. The van der Waals surface area contributed by atoms with E-state index in [0.717, 1.165) is 17.5 Å². The number of benzene rings is 2. The van der Waals surface area contributed by atoms with Crippen LogP contribution in [0.5, 0.6) is 0 Å². The van der Waals surface area contributed by atoms with E-state index in [1.54, 1.807) is 37.3 Å². The van der Waals surface area contributed by atoms with E-state index in [1.165, 1.54) is 0 Å². The summed E-state index contributed by atoms with van der Waals surface area (Å²) in [6.45, 7) is 3.86. The summed E-state index contributed by atoms with van der Waals surface area (Å²) < 4.78 is 31.9. The fourth-order valence-electron chi connectivity index (χ4n) is 3.89. The molecule has 1 aliphatic rings. The van der Waals surface area contributed by atoms with Gasteiger partial charge in [-0.1, -0.05) is 49.4 Å². The van der Waals surface area contributed by atoms with Crippen molar-refractivity contribution in [2.24, 2.45) is 11.1 Å². The van der Waals surface area contributed by atoms with Crippen molar-refractivity contribution >= 4 is 15.8 Å². The van der Waals surface area contributed by atoms with E-state index in [2.05, 4.69) is 6.92 Å². The number of nitrogens with two attached hydrogens (primary N) is 1. The molecule has 0 heterocycles. The Morgan fingerprint density at radius 1 is 1.07 bits per heavy atom. The van der Waals surface area contributed by atoms with E-state index in [1.807, 2.05) is 24.3 Å². The lowest BCUT2D eigenvalue weighted by molar-refractivity contribution is -0.149. The number of esters is 1. The molecule has 3 atom stereocenters. The molecule has 5 nitrogen and oxygen atoms in total. The SMILES string of the molecule is CCOC(=O)C1(CN)C(c2ccc(CC)cc2)C1S(=O)(=O)c1ccccc1. The molecule has 2 aromatic carbocycles. The third kappa shape index (κ3) is 3.17. The highest BCUT2D eigenvalue weighted by atomic mass is 32.2. The smallest absolute Gasteiger partial charge is 0.315 e. The average molecular weight is 388 g/mol. The summed E-state index contributed by atoms with van der Waals surface area (Å²) in [5.41, 5.74) is 6.68. The molecular weight excluding hydrogens is 362 g/mol. The Kier molecular flexibility index (Phi) is 5.40. The molecule has 6 heteroatoms. The van der Waals surface area contributed by atoms with Gasteiger partial charge in [-0.25, -0.2) is 8.42 Å². The molecule has 0 amide bonds. The number of aryl methyl sites for hydroxylation is 1. The van der Waals surface area contributed by atoms with Crippen LogP contribution in [0, 0.1) is 5.41 Å². The zero-order chi connectivity index (χ0) is 19.7. The number of carbonyl (C=O) groups excluding carboxylic acids is 1. The molecule has 1 aliphatic carbocycles. The number of hydrogen-bond acceptors (Lipinski definition) is 5. The van der Waals surface area contributed by atoms with Gasteiger partial charge in [-0.2, -0.15) is 0 Å². The molecule has 2 aromatic rings. The minimum absolute atomic E-state index is 0.0806. The molecule has 0 radical (unpaired) electrons. The summed E-state index contributed by atoms with van der Waals surface area (Å²) >= 11 is 0. The topological polar surface area (TPSA) is 86.5 Å². The average Bonchev–Trinajstić information content (AvgIpc) is 3.40. The normalized spacial score (nSPS) is 24.4. The highest BCUT2D eigenvalue weighted by molar-refractivity contribution is 7.92. The molecule has 0 aromatic heterocycles. The molecule has 3 unspecified atom stereocenters. The van der Waals surface area contributed by atoms with Gasteiger partial charge in [-0.3, -0.25) is 4.79 Å². The molecule has 1 fully saturated rings. The van der Waals surface area contributed by atoms with Gasteiger partial charge in [0.15, 0.2) is 9.84 Å². The molecular formula is C21H25NO4S. The van der Waals surface area contributed by atoms with Gasteiger partial charge in [0.05, 0.1) is 16.8 Å². The van der Waals surface area contributed by atoms with Crippen molar-refractivity contribution in [3.63, 3.8) is 0 Å². The minimum Gasteiger partial charge on any atom is -0.465 e. The summed E-state index contributed by atoms with van der Waals surface area (Å²) in [4.78, 5) is 13.0. The van der Waals surface area contributed by atoms with Crippen molar-refractivity contribution in [3.8, 4) is 0 Å². The van der Waals surface area contributed by atoms with E-state index in [4.69, 9.17) is 10.5 Å². The zero-order valence-corrected chi connectivity index (χ0v) is 16.4. The van der Waals surface area contributed by atoms with Gasteiger partial charge < -0.3 is 10.5 Å². The number of hydrogen-bond donors (Lipinski definition) is 1. The first-order chi connectivity index (χ1) is 12.9. The summed E-state index contributed by atoms with van der Waals surface area (Å²) in [5.74, 6) is -1.06. The Morgan fingerprint density at radius 2 is 1.70 bits per heavy atom. The number of rotatable bonds is 7. The Balaban J connectivity index is 2.09. The monoisotopic (exact) mass is 387 g/mol. The van der Waals surface area contributed by atoms with Crippen molar-refractivity contribution in [2.45, 2.75) is 36.3 Å². The van der Waals surface area contributed by atoms with Crippen molar-refractivity contribution < 1.29 is 17.9 Å². The fourth-order valence-corrected chi connectivity index (χ4v) is 6.29. The van der Waals surface area contributed by atoms with Crippen LogP contribution in [0.2, 0.25) is 0 Å². The quantitative estimate of drug-likeness (QED) is 0.738. The fraction of sp³-hybridized carbons (Fsp3) is 0.381. The van der Waals surface area contributed by atoms with Gasteiger partial charge >= 0.3 is 5.97 Å². The van der Waals surface area contributed by atoms with Gasteiger partial charge in [0.1, 0.15) is 5.41 Å². The largest absolute Gasteiger partial charge is 0.465 e. The van der Waals surface area contributed by atoms with E-state index >= 15 is 0 Å². The number of sulfone groups is 1. The minimum atomic E-state index is -3.74. The highest BCUT2D eigenvalue weighted by Crippen LogP contribution is 2.64. The summed E-state index contributed by atoms with van der Waals surface area (Å²) in [6, 6.07) is 15.9. The standard InChI is InChI=1S/C21H25NO4S/c1-3-15-10-12-16(13-11-15)18-19(21(18,14-22)20(23)26-4-2)27(24,25)17-8-6-5-7-9-17/h5-13,18-19H,3-4,14,22H2,1-2H3. The highest BCUT2D eigenvalue weighted by Gasteiger charge is 2.75. The number of carbonyl (C=O) groups is 1. The first kappa shape index (κ1) is 19.6. The van der Waals surface area contributed by atoms with Gasteiger partial charge in [0.2, 0.25) is 0 Å². The van der Waals surface area contributed by atoms with Crippen LogP contribution in [-0.4, -0.2) is 32.8 Å². The van der Waals surface area contributed by atoms with E-state index < -0.39 is 32.4 Å². The first-order valence-electron chi connectivity index (χ1n) is 9.18. The van der Waals surface area contributed by atoms with Crippen LogP contribution in [0.3, 0.4) is 0 Å². The van der Waals surface area contributed by atoms with Crippen LogP contribution >= 0.6 is 0 Å². The van der Waals surface area contributed by atoms with E-state index in [9.17, 15) is 13.2 Å².